The number of halogens is 3. The number of amides is 2. The lowest BCUT2D eigenvalue weighted by molar-refractivity contribution is -0.140. The lowest BCUT2D eigenvalue weighted by Gasteiger charge is -2.31. The lowest BCUT2D eigenvalue weighted by Crippen LogP contribution is -2.52. The van der Waals surface area contributed by atoms with Crippen molar-refractivity contribution in [3.8, 4) is 0 Å². The van der Waals surface area contributed by atoms with E-state index in [1.807, 2.05) is 10.0 Å². The van der Waals surface area contributed by atoms with E-state index in [0.717, 1.165) is 18.2 Å². The zero-order chi connectivity index (χ0) is 25.1. The van der Waals surface area contributed by atoms with Crippen LogP contribution in [0.25, 0.3) is 0 Å². The maximum atomic E-state index is 12.9. The van der Waals surface area contributed by atoms with Crippen LogP contribution in [0.5, 0.6) is 0 Å². The number of carbonyl (C=O) groups is 3. The second-order valence-corrected chi connectivity index (χ2v) is 8.87. The van der Waals surface area contributed by atoms with E-state index in [1.54, 1.807) is 0 Å². The van der Waals surface area contributed by atoms with E-state index in [2.05, 4.69) is 0 Å². The number of aliphatic hydroxyl groups is 2. The predicted octanol–water partition coefficient (Wildman–Crippen LogP) is -1.15. The van der Waals surface area contributed by atoms with Crippen LogP contribution in [0.4, 0.5) is 13.2 Å². The Balaban J connectivity index is 2.30. The average molecular weight is 495 g/mol. The fourth-order valence-electron chi connectivity index (χ4n) is 2.98. The first-order valence-corrected chi connectivity index (χ1v) is 10.7. The molecule has 0 fully saturated rings. The number of aliphatic hydroxyl groups excluding tert-OH is 2. The van der Waals surface area contributed by atoms with Crippen molar-refractivity contribution in [2.75, 3.05) is 0 Å². The van der Waals surface area contributed by atoms with E-state index in [4.69, 9.17) is 10.8 Å². The van der Waals surface area contributed by atoms with Crippen LogP contribution in [-0.2, 0) is 30.6 Å². The lowest BCUT2D eigenvalue weighted by atomic mass is 9.90. The van der Waals surface area contributed by atoms with Crippen molar-refractivity contribution < 1.29 is 51.3 Å². The highest BCUT2D eigenvalue weighted by atomic mass is 32.2. The summed E-state index contributed by atoms with van der Waals surface area (Å²) in [6.45, 7) is 0. The van der Waals surface area contributed by atoms with Gasteiger partial charge in [0.15, 0.2) is 0 Å². The summed E-state index contributed by atoms with van der Waals surface area (Å²) in [6, 6.07) is -0.475. The summed E-state index contributed by atoms with van der Waals surface area (Å²) < 4.78 is 65.7. The smallest absolute Gasteiger partial charge is 0.416 e. The van der Waals surface area contributed by atoms with Gasteiger partial charge in [-0.25, -0.2) is 13.1 Å². The Hall–Kier alpha value is -3.01. The minimum atomic E-state index is -4.82. The quantitative estimate of drug-likeness (QED) is 0.260. The molecule has 1 aliphatic carbocycles. The van der Waals surface area contributed by atoms with Gasteiger partial charge in [0.2, 0.25) is 21.8 Å². The highest BCUT2D eigenvalue weighted by molar-refractivity contribution is 7.89. The van der Waals surface area contributed by atoms with Gasteiger partial charge in [-0.3, -0.25) is 14.4 Å². The third-order valence-electron chi connectivity index (χ3n) is 4.65. The molecule has 4 atom stereocenters. The predicted molar refractivity (Wildman–Crippen MR) is 104 cm³/mol. The molecule has 4 unspecified atom stereocenters. The zero-order valence-electron chi connectivity index (χ0n) is 16.6. The molecule has 0 aliphatic heterocycles. The number of primary amides is 1. The van der Waals surface area contributed by atoms with E-state index in [9.17, 15) is 46.2 Å². The molecular weight excluding hydrogens is 475 g/mol. The first-order valence-electron chi connectivity index (χ1n) is 9.20. The highest BCUT2D eigenvalue weighted by Gasteiger charge is 2.37. The highest BCUT2D eigenvalue weighted by Crippen LogP contribution is 2.30. The summed E-state index contributed by atoms with van der Waals surface area (Å²) in [5.74, 6) is -3.67. The molecule has 11 nitrogen and oxygen atoms in total. The van der Waals surface area contributed by atoms with Crippen molar-refractivity contribution >= 4 is 27.8 Å². The third-order valence-corrected chi connectivity index (χ3v) is 6.11. The number of rotatable bonds is 8. The molecule has 0 bridgehead atoms. The molecule has 0 saturated heterocycles. The monoisotopic (exact) mass is 495 g/mol. The van der Waals surface area contributed by atoms with Crippen molar-refractivity contribution in [3.63, 3.8) is 0 Å². The molecule has 1 aromatic carbocycles. The van der Waals surface area contributed by atoms with Crippen LogP contribution in [-0.4, -0.2) is 65.8 Å². The summed E-state index contributed by atoms with van der Waals surface area (Å²) in [5.41, 5.74) is 3.48. The topological polar surface area (TPSA) is 196 Å². The Morgan fingerprint density at radius 3 is 2.39 bits per heavy atom. The van der Waals surface area contributed by atoms with E-state index in [-0.39, 0.29) is 5.57 Å². The number of carbonyl (C=O) groups excluding carboxylic acids is 2. The van der Waals surface area contributed by atoms with Crippen LogP contribution in [0.2, 0.25) is 0 Å². The Morgan fingerprint density at radius 1 is 1.21 bits per heavy atom. The van der Waals surface area contributed by atoms with Gasteiger partial charge < -0.3 is 26.4 Å². The van der Waals surface area contributed by atoms with Crippen LogP contribution in [0.1, 0.15) is 18.4 Å². The number of benzene rings is 1. The number of hydrogen-bond acceptors (Lipinski definition) is 7. The minimum Gasteiger partial charge on any atom is -0.481 e. The van der Waals surface area contributed by atoms with Gasteiger partial charge in [-0.15, -0.1) is 0 Å². The normalized spacial score (nSPS) is 22.2. The number of nitrogens with one attached hydrogen (secondary N) is 2. The van der Waals surface area contributed by atoms with Gasteiger partial charge in [0.05, 0.1) is 29.0 Å². The molecule has 182 valence electrons. The number of hydrogen-bond donors (Lipinski definition) is 6. The standard InChI is InChI=1S/C18H20F3N3O8S/c19-18(20,21)9-2-1-3-10(6-9)33(31,32)24-11-4-8(5-13(25)15(11)28)17(30)23-12(16(22)29)7-14(26)27/h1-4,6,11-13,15,24-25,28H,5,7H2,(H2,22,29)(H,23,30)(H,26,27). The molecule has 0 aromatic heterocycles. The summed E-state index contributed by atoms with van der Waals surface area (Å²) in [6.07, 6.45) is -8.69. The number of sulfonamides is 1. The molecule has 1 aliphatic rings. The molecule has 0 heterocycles. The molecule has 33 heavy (non-hydrogen) atoms. The fraction of sp³-hybridized carbons (Fsp3) is 0.389. The van der Waals surface area contributed by atoms with E-state index >= 15 is 0 Å². The molecule has 0 saturated carbocycles. The van der Waals surface area contributed by atoms with Crippen LogP contribution < -0.4 is 15.8 Å². The van der Waals surface area contributed by atoms with Crippen molar-refractivity contribution in [3.05, 3.63) is 41.5 Å². The number of carboxylic acids is 1. The molecule has 15 heteroatoms. The maximum absolute atomic E-state index is 12.9. The van der Waals surface area contributed by atoms with Crippen molar-refractivity contribution in [2.24, 2.45) is 5.73 Å². The number of nitrogens with two attached hydrogens (primary N) is 1. The van der Waals surface area contributed by atoms with Gasteiger partial charge in [-0.05, 0) is 18.2 Å². The second kappa shape index (κ2) is 9.86. The molecule has 0 radical (unpaired) electrons. The van der Waals surface area contributed by atoms with Gasteiger partial charge in [-0.2, -0.15) is 13.2 Å². The van der Waals surface area contributed by atoms with Crippen LogP contribution in [0, 0.1) is 0 Å². The van der Waals surface area contributed by atoms with E-state index in [1.165, 1.54) is 0 Å². The van der Waals surface area contributed by atoms with E-state index < -0.39 is 81.6 Å². The Bertz CT molecular complexity index is 1070. The molecule has 7 N–H and O–H groups in total. The zero-order valence-corrected chi connectivity index (χ0v) is 17.4. The van der Waals surface area contributed by atoms with Crippen molar-refractivity contribution in [1.82, 2.24) is 10.0 Å². The summed E-state index contributed by atoms with van der Waals surface area (Å²) in [4.78, 5) is 33.8. The molecule has 2 amide bonds. The van der Waals surface area contributed by atoms with E-state index in [0.29, 0.717) is 12.1 Å². The summed E-state index contributed by atoms with van der Waals surface area (Å²) in [7, 11) is -4.65. The third kappa shape index (κ3) is 6.74. The molecular formula is C18H20F3N3O8S. The molecule has 1 aromatic rings. The Labute approximate surface area is 185 Å². The maximum Gasteiger partial charge on any atom is 0.416 e. The van der Waals surface area contributed by atoms with Gasteiger partial charge in [0.25, 0.3) is 0 Å². The summed E-state index contributed by atoms with van der Waals surface area (Å²) >= 11 is 0. The first kappa shape index (κ1) is 26.2. The Morgan fingerprint density at radius 2 is 1.85 bits per heavy atom. The first-order chi connectivity index (χ1) is 15.1. The summed E-state index contributed by atoms with van der Waals surface area (Å²) in [5, 5.41) is 31.0. The minimum absolute atomic E-state index is 0.318. The van der Waals surface area contributed by atoms with Gasteiger partial charge >= 0.3 is 12.1 Å². The second-order valence-electron chi connectivity index (χ2n) is 7.15. The number of carboxylic acid groups (broad SMARTS) is 1. The van der Waals surface area contributed by atoms with Gasteiger partial charge in [0.1, 0.15) is 12.1 Å². The van der Waals surface area contributed by atoms with Crippen LogP contribution >= 0.6 is 0 Å². The van der Waals surface area contributed by atoms with Crippen molar-refractivity contribution in [1.29, 1.82) is 0 Å². The largest absolute Gasteiger partial charge is 0.481 e. The van der Waals surface area contributed by atoms with Crippen LogP contribution in [0.3, 0.4) is 0 Å². The van der Waals surface area contributed by atoms with Gasteiger partial charge in [-0.1, -0.05) is 12.1 Å². The van der Waals surface area contributed by atoms with Gasteiger partial charge in [0, 0.05) is 12.0 Å². The fourth-order valence-corrected chi connectivity index (χ4v) is 4.22. The van der Waals surface area contributed by atoms with Crippen LogP contribution in [0.15, 0.2) is 40.8 Å². The SMILES string of the molecule is NC(=O)C(CC(=O)O)NC(=O)C1=CC(NS(=O)(=O)c2cccc(C(F)(F)F)c2)C(O)C(O)C1. The number of aliphatic carboxylic acids is 1. The number of alkyl halides is 3. The molecule has 0 spiro atoms. The van der Waals surface area contributed by atoms with Crippen molar-refractivity contribution in [2.45, 2.75) is 48.2 Å². The Kier molecular flexibility index (Phi) is 7.84. The molecule has 2 rings (SSSR count). The average Bonchev–Trinajstić information content (AvgIpc) is 2.69.